The molecule has 0 unspecified atom stereocenters. The fourth-order valence-electron chi connectivity index (χ4n) is 2.00. The topological polar surface area (TPSA) is 110 Å². The lowest BCUT2D eigenvalue weighted by Gasteiger charge is -2.31. The Hall–Kier alpha value is -1.50. The quantitative estimate of drug-likeness (QED) is 0.639. The molecule has 1 saturated carbocycles. The van der Waals surface area contributed by atoms with E-state index in [2.05, 4.69) is 25.9 Å². The summed E-state index contributed by atoms with van der Waals surface area (Å²) in [6, 6.07) is 0. The predicted octanol–water partition coefficient (Wildman–Crippen LogP) is -0.523. The van der Waals surface area contributed by atoms with Crippen LogP contribution in [0.25, 0.3) is 0 Å². The van der Waals surface area contributed by atoms with E-state index in [9.17, 15) is 4.79 Å². The molecule has 1 heterocycles. The number of nitrogens with one attached hydrogen (secondary N) is 2. The lowest BCUT2D eigenvalue weighted by molar-refractivity contribution is -0.127. The molecule has 2 rings (SSSR count). The fourth-order valence-corrected chi connectivity index (χ4v) is 2.00. The molecule has 1 aliphatic carbocycles. The molecule has 0 atom stereocenters. The lowest BCUT2D eigenvalue weighted by atomic mass is 9.82. The van der Waals surface area contributed by atoms with Gasteiger partial charge in [-0.05, 0) is 12.8 Å². The first-order chi connectivity index (χ1) is 7.71. The van der Waals surface area contributed by atoms with Gasteiger partial charge in [0.15, 0.2) is 5.82 Å². The van der Waals surface area contributed by atoms with E-state index in [0.29, 0.717) is 5.82 Å². The van der Waals surface area contributed by atoms with Crippen LogP contribution in [0.1, 0.15) is 37.9 Å². The number of H-pyrrole nitrogens is 1. The number of aromatic nitrogens is 4. The summed E-state index contributed by atoms with van der Waals surface area (Å²) in [4.78, 5) is 11.9. The van der Waals surface area contributed by atoms with Crippen LogP contribution in [0.5, 0.6) is 0 Å². The minimum absolute atomic E-state index is 0.114. The van der Waals surface area contributed by atoms with Crippen molar-refractivity contribution >= 4 is 5.91 Å². The molecule has 0 aliphatic heterocycles. The van der Waals surface area contributed by atoms with Gasteiger partial charge in [-0.15, -0.1) is 10.2 Å². The SMILES string of the molecule is NC1(C(=O)NCc2nn[nH]n2)CCCCC1. The number of tetrazole rings is 1. The monoisotopic (exact) mass is 224 g/mol. The number of nitrogens with zero attached hydrogens (tertiary/aromatic N) is 3. The number of hydrogen-bond donors (Lipinski definition) is 3. The summed E-state index contributed by atoms with van der Waals surface area (Å²) in [5.41, 5.74) is 5.36. The van der Waals surface area contributed by atoms with Crippen molar-refractivity contribution < 1.29 is 4.79 Å². The molecule has 0 aromatic carbocycles. The van der Waals surface area contributed by atoms with E-state index in [1.54, 1.807) is 0 Å². The van der Waals surface area contributed by atoms with Gasteiger partial charge >= 0.3 is 0 Å². The van der Waals surface area contributed by atoms with Crippen LogP contribution >= 0.6 is 0 Å². The third-order valence-corrected chi connectivity index (χ3v) is 2.99. The van der Waals surface area contributed by atoms with E-state index in [0.717, 1.165) is 32.1 Å². The first-order valence-corrected chi connectivity index (χ1v) is 5.50. The van der Waals surface area contributed by atoms with E-state index < -0.39 is 5.54 Å². The third-order valence-electron chi connectivity index (χ3n) is 2.99. The molecule has 0 radical (unpaired) electrons. The van der Waals surface area contributed by atoms with Gasteiger partial charge in [-0.1, -0.05) is 24.5 Å². The molecule has 0 saturated heterocycles. The Balaban J connectivity index is 1.87. The molecule has 4 N–H and O–H groups in total. The highest BCUT2D eigenvalue weighted by atomic mass is 16.2. The second-order valence-corrected chi connectivity index (χ2v) is 4.23. The van der Waals surface area contributed by atoms with E-state index in [1.165, 1.54) is 0 Å². The van der Waals surface area contributed by atoms with Crippen LogP contribution < -0.4 is 11.1 Å². The summed E-state index contributed by atoms with van der Waals surface area (Å²) in [6.45, 7) is 0.272. The van der Waals surface area contributed by atoms with Gasteiger partial charge in [0.1, 0.15) is 0 Å². The van der Waals surface area contributed by atoms with Crippen LogP contribution in [0.2, 0.25) is 0 Å². The minimum Gasteiger partial charge on any atom is -0.347 e. The molecule has 1 aromatic rings. The summed E-state index contributed by atoms with van der Waals surface area (Å²) in [6.07, 6.45) is 4.71. The summed E-state index contributed by atoms with van der Waals surface area (Å²) in [5.74, 6) is 0.352. The van der Waals surface area contributed by atoms with E-state index in [4.69, 9.17) is 5.73 Å². The summed E-state index contributed by atoms with van der Waals surface area (Å²) < 4.78 is 0. The first-order valence-electron chi connectivity index (χ1n) is 5.50. The van der Waals surface area contributed by atoms with Crippen LogP contribution in [0, 0.1) is 0 Å². The van der Waals surface area contributed by atoms with Crippen molar-refractivity contribution in [3.63, 3.8) is 0 Å². The Labute approximate surface area is 93.2 Å². The summed E-state index contributed by atoms with van der Waals surface area (Å²) >= 11 is 0. The van der Waals surface area contributed by atoms with E-state index in [-0.39, 0.29) is 12.5 Å². The average molecular weight is 224 g/mol. The molecule has 7 heteroatoms. The maximum Gasteiger partial charge on any atom is 0.240 e. The molecular weight excluding hydrogens is 208 g/mol. The highest BCUT2D eigenvalue weighted by Crippen LogP contribution is 2.25. The van der Waals surface area contributed by atoms with Crippen LogP contribution in [0.3, 0.4) is 0 Å². The summed E-state index contributed by atoms with van der Waals surface area (Å²) in [7, 11) is 0. The normalized spacial score (nSPS) is 19.3. The maximum atomic E-state index is 11.9. The first kappa shape index (κ1) is 11.0. The molecule has 1 aliphatic rings. The number of amides is 1. The Bertz CT molecular complexity index is 343. The summed E-state index contributed by atoms with van der Waals surface area (Å²) in [5, 5.41) is 16.0. The van der Waals surface area contributed by atoms with Gasteiger partial charge in [0.25, 0.3) is 0 Å². The molecule has 0 bridgehead atoms. The van der Waals surface area contributed by atoms with Crippen LogP contribution in [0.4, 0.5) is 0 Å². The number of aromatic amines is 1. The van der Waals surface area contributed by atoms with E-state index in [1.807, 2.05) is 0 Å². The van der Waals surface area contributed by atoms with Crippen LogP contribution in [-0.2, 0) is 11.3 Å². The Morgan fingerprint density at radius 3 is 2.81 bits per heavy atom. The number of hydrogen-bond acceptors (Lipinski definition) is 5. The Kier molecular flexibility index (Phi) is 3.14. The number of rotatable bonds is 3. The molecule has 0 spiro atoms. The number of nitrogens with two attached hydrogens (primary N) is 1. The van der Waals surface area contributed by atoms with Crippen molar-refractivity contribution in [2.24, 2.45) is 5.73 Å². The molecular formula is C9H16N6O. The number of carbonyl (C=O) groups excluding carboxylic acids is 1. The van der Waals surface area contributed by atoms with Gasteiger partial charge in [0.2, 0.25) is 5.91 Å². The Morgan fingerprint density at radius 1 is 1.44 bits per heavy atom. The number of carbonyl (C=O) groups is 1. The second kappa shape index (κ2) is 4.56. The highest BCUT2D eigenvalue weighted by molar-refractivity contribution is 5.86. The largest absolute Gasteiger partial charge is 0.347 e. The van der Waals surface area contributed by atoms with Crippen molar-refractivity contribution in [1.29, 1.82) is 0 Å². The minimum atomic E-state index is -0.706. The van der Waals surface area contributed by atoms with Crippen molar-refractivity contribution in [2.45, 2.75) is 44.2 Å². The van der Waals surface area contributed by atoms with Gasteiger partial charge in [0, 0.05) is 0 Å². The van der Waals surface area contributed by atoms with Crippen molar-refractivity contribution in [2.75, 3.05) is 0 Å². The molecule has 7 nitrogen and oxygen atoms in total. The highest BCUT2D eigenvalue weighted by Gasteiger charge is 2.34. The van der Waals surface area contributed by atoms with Gasteiger partial charge in [-0.2, -0.15) is 5.21 Å². The molecule has 1 amide bonds. The smallest absolute Gasteiger partial charge is 0.240 e. The predicted molar refractivity (Wildman–Crippen MR) is 56.0 cm³/mol. The second-order valence-electron chi connectivity index (χ2n) is 4.23. The van der Waals surface area contributed by atoms with Crippen molar-refractivity contribution in [3.05, 3.63) is 5.82 Å². The standard InChI is InChI=1S/C9H16N6O/c10-9(4-2-1-3-5-9)8(16)11-6-7-12-14-15-13-7/h1-6,10H2,(H,11,16)(H,12,13,14,15). The van der Waals surface area contributed by atoms with Gasteiger partial charge in [-0.25, -0.2) is 0 Å². The zero-order chi connectivity index (χ0) is 11.4. The average Bonchev–Trinajstić information content (AvgIpc) is 2.79. The van der Waals surface area contributed by atoms with Crippen LogP contribution in [-0.4, -0.2) is 32.1 Å². The zero-order valence-electron chi connectivity index (χ0n) is 9.07. The fraction of sp³-hybridized carbons (Fsp3) is 0.778. The Morgan fingerprint density at radius 2 is 2.19 bits per heavy atom. The van der Waals surface area contributed by atoms with Gasteiger partial charge in [-0.3, -0.25) is 4.79 Å². The van der Waals surface area contributed by atoms with Gasteiger partial charge in [0.05, 0.1) is 12.1 Å². The van der Waals surface area contributed by atoms with Gasteiger partial charge < -0.3 is 11.1 Å². The van der Waals surface area contributed by atoms with Crippen molar-refractivity contribution in [3.8, 4) is 0 Å². The van der Waals surface area contributed by atoms with E-state index >= 15 is 0 Å². The maximum absolute atomic E-state index is 11.9. The molecule has 1 fully saturated rings. The third kappa shape index (κ3) is 2.35. The molecule has 16 heavy (non-hydrogen) atoms. The lowest BCUT2D eigenvalue weighted by Crippen LogP contribution is -2.54. The van der Waals surface area contributed by atoms with Crippen molar-refractivity contribution in [1.82, 2.24) is 25.9 Å². The molecule has 88 valence electrons. The zero-order valence-corrected chi connectivity index (χ0v) is 9.07. The van der Waals surface area contributed by atoms with Crippen LogP contribution in [0.15, 0.2) is 0 Å². The molecule has 1 aromatic heterocycles.